The van der Waals surface area contributed by atoms with Gasteiger partial charge < -0.3 is 14.8 Å². The predicted molar refractivity (Wildman–Crippen MR) is 74.7 cm³/mol. The molecular formula is C13H19NO5S. The average Bonchev–Trinajstić information content (AvgIpc) is 2.39. The Balaban J connectivity index is 2.67. The normalized spacial score (nSPS) is 14.7. The van der Waals surface area contributed by atoms with E-state index < -0.39 is 17.8 Å². The van der Waals surface area contributed by atoms with Crippen molar-refractivity contribution in [3.63, 3.8) is 0 Å². The fraction of sp³-hybridized carbons (Fsp3) is 0.615. The Kier molecular flexibility index (Phi) is 7.14. The molecule has 1 aliphatic rings. The Morgan fingerprint density at radius 2 is 1.90 bits per heavy atom. The van der Waals surface area contributed by atoms with Crippen LogP contribution in [0, 0.1) is 0 Å². The fourth-order valence-electron chi connectivity index (χ4n) is 1.68. The van der Waals surface area contributed by atoms with Crippen LogP contribution in [0.4, 0.5) is 0 Å². The molecule has 6 nitrogen and oxygen atoms in total. The van der Waals surface area contributed by atoms with Crippen molar-refractivity contribution in [2.75, 3.05) is 19.0 Å². The number of carbonyl (C=O) groups excluding carboxylic acids is 3. The number of nitrogens with one attached hydrogen (secondary N) is 1. The molecule has 1 N–H and O–H groups in total. The molecule has 0 spiro atoms. The molecule has 1 rings (SSSR count). The topological polar surface area (TPSA) is 81.7 Å². The highest BCUT2D eigenvalue weighted by Gasteiger charge is 2.23. The first-order chi connectivity index (χ1) is 9.58. The molecule has 1 heterocycles. The van der Waals surface area contributed by atoms with Crippen molar-refractivity contribution in [3.05, 3.63) is 10.6 Å². The standard InChI is InChI=1S/C13H19NO5S/c1-3-18-11(16)8-10(15)14-9-6-5-7-20-12(9)13(17)19-4-2/h3-8H2,1-2H3,(H,14,15). The van der Waals surface area contributed by atoms with Gasteiger partial charge in [-0.05, 0) is 32.4 Å². The van der Waals surface area contributed by atoms with E-state index in [-0.39, 0.29) is 19.6 Å². The molecule has 7 heteroatoms. The van der Waals surface area contributed by atoms with Crippen LogP contribution >= 0.6 is 11.8 Å². The Bertz CT molecular complexity index is 419. The second-order valence-corrected chi connectivity index (χ2v) is 5.12. The van der Waals surface area contributed by atoms with E-state index in [1.54, 1.807) is 13.8 Å². The molecule has 112 valence electrons. The summed E-state index contributed by atoms with van der Waals surface area (Å²) in [6, 6.07) is 0. The molecule has 1 amide bonds. The molecule has 0 fully saturated rings. The highest BCUT2D eigenvalue weighted by atomic mass is 32.2. The van der Waals surface area contributed by atoms with Crippen molar-refractivity contribution in [1.29, 1.82) is 0 Å². The highest BCUT2D eigenvalue weighted by molar-refractivity contribution is 8.04. The zero-order valence-corrected chi connectivity index (χ0v) is 12.5. The summed E-state index contributed by atoms with van der Waals surface area (Å²) in [6.45, 7) is 3.92. The maximum absolute atomic E-state index is 11.8. The van der Waals surface area contributed by atoms with Crippen LogP contribution in [0.15, 0.2) is 10.6 Å². The van der Waals surface area contributed by atoms with Gasteiger partial charge in [-0.1, -0.05) is 0 Å². The Hall–Kier alpha value is -1.50. The van der Waals surface area contributed by atoms with Gasteiger partial charge in [-0.25, -0.2) is 4.79 Å². The van der Waals surface area contributed by atoms with Gasteiger partial charge >= 0.3 is 11.9 Å². The van der Waals surface area contributed by atoms with Crippen molar-refractivity contribution >= 4 is 29.6 Å². The molecule has 0 aromatic rings. The number of allylic oxidation sites excluding steroid dienone is 1. The third-order valence-electron chi connectivity index (χ3n) is 2.45. The van der Waals surface area contributed by atoms with Crippen LogP contribution in [0.5, 0.6) is 0 Å². The van der Waals surface area contributed by atoms with Crippen LogP contribution in [0.3, 0.4) is 0 Å². The summed E-state index contributed by atoms with van der Waals surface area (Å²) < 4.78 is 9.65. The average molecular weight is 301 g/mol. The van der Waals surface area contributed by atoms with E-state index in [1.807, 2.05) is 0 Å². The third kappa shape index (κ3) is 5.24. The molecule has 0 aromatic heterocycles. The summed E-state index contributed by atoms with van der Waals surface area (Å²) in [5.74, 6) is -0.663. The van der Waals surface area contributed by atoms with Gasteiger partial charge in [-0.15, -0.1) is 11.8 Å². The van der Waals surface area contributed by atoms with Crippen LogP contribution in [0.2, 0.25) is 0 Å². The molecule has 0 atom stereocenters. The summed E-state index contributed by atoms with van der Waals surface area (Å²) in [4.78, 5) is 35.1. The summed E-state index contributed by atoms with van der Waals surface area (Å²) in [5, 5.41) is 2.62. The smallest absolute Gasteiger partial charge is 0.346 e. The molecule has 0 bridgehead atoms. The minimum absolute atomic E-state index is 0.235. The number of amides is 1. The van der Waals surface area contributed by atoms with Crippen molar-refractivity contribution < 1.29 is 23.9 Å². The number of carbonyl (C=O) groups is 3. The number of thioether (sulfide) groups is 1. The molecule has 0 radical (unpaired) electrons. The minimum Gasteiger partial charge on any atom is -0.466 e. The van der Waals surface area contributed by atoms with Crippen molar-refractivity contribution in [1.82, 2.24) is 5.32 Å². The number of ether oxygens (including phenoxy) is 2. The fourth-order valence-corrected chi connectivity index (χ4v) is 2.67. The van der Waals surface area contributed by atoms with Gasteiger partial charge in [0, 0.05) is 5.70 Å². The van der Waals surface area contributed by atoms with Gasteiger partial charge in [-0.2, -0.15) is 0 Å². The first-order valence-corrected chi connectivity index (χ1v) is 7.55. The zero-order valence-electron chi connectivity index (χ0n) is 11.7. The Morgan fingerprint density at radius 3 is 2.55 bits per heavy atom. The monoisotopic (exact) mass is 301 g/mol. The van der Waals surface area contributed by atoms with Gasteiger partial charge in [0.1, 0.15) is 11.3 Å². The lowest BCUT2D eigenvalue weighted by molar-refractivity contribution is -0.145. The number of esters is 2. The van der Waals surface area contributed by atoms with Crippen LogP contribution < -0.4 is 5.32 Å². The second kappa shape index (κ2) is 8.63. The van der Waals surface area contributed by atoms with Gasteiger partial charge in [0.25, 0.3) is 0 Å². The van der Waals surface area contributed by atoms with E-state index in [1.165, 1.54) is 11.8 Å². The molecule has 0 aliphatic carbocycles. The summed E-state index contributed by atoms with van der Waals surface area (Å²) in [7, 11) is 0. The van der Waals surface area contributed by atoms with Crippen molar-refractivity contribution in [2.45, 2.75) is 33.1 Å². The van der Waals surface area contributed by atoms with Gasteiger partial charge in [-0.3, -0.25) is 9.59 Å². The van der Waals surface area contributed by atoms with E-state index in [0.717, 1.165) is 12.2 Å². The molecule has 0 saturated heterocycles. The van der Waals surface area contributed by atoms with Crippen molar-refractivity contribution in [3.8, 4) is 0 Å². The van der Waals surface area contributed by atoms with E-state index >= 15 is 0 Å². The Morgan fingerprint density at radius 1 is 1.20 bits per heavy atom. The lowest BCUT2D eigenvalue weighted by atomic mass is 10.2. The summed E-state index contributed by atoms with van der Waals surface area (Å²) >= 11 is 1.36. The van der Waals surface area contributed by atoms with Crippen LogP contribution in [-0.2, 0) is 23.9 Å². The quantitative estimate of drug-likeness (QED) is 0.589. The first-order valence-electron chi connectivity index (χ1n) is 6.57. The summed E-state index contributed by atoms with van der Waals surface area (Å²) in [5.41, 5.74) is 0.536. The highest BCUT2D eigenvalue weighted by Crippen LogP contribution is 2.29. The number of hydrogen-bond donors (Lipinski definition) is 1. The molecular weight excluding hydrogens is 282 g/mol. The largest absolute Gasteiger partial charge is 0.466 e. The molecule has 20 heavy (non-hydrogen) atoms. The minimum atomic E-state index is -0.577. The molecule has 0 unspecified atom stereocenters. The maximum atomic E-state index is 11.8. The van der Waals surface area contributed by atoms with Crippen LogP contribution in [0.1, 0.15) is 33.1 Å². The molecule has 0 saturated carbocycles. The maximum Gasteiger partial charge on any atom is 0.346 e. The Labute approximate surface area is 122 Å². The van der Waals surface area contributed by atoms with E-state index in [0.29, 0.717) is 17.0 Å². The van der Waals surface area contributed by atoms with E-state index in [2.05, 4.69) is 5.32 Å². The van der Waals surface area contributed by atoms with Crippen molar-refractivity contribution in [2.24, 2.45) is 0 Å². The van der Waals surface area contributed by atoms with Crippen LogP contribution in [-0.4, -0.2) is 36.8 Å². The SMILES string of the molecule is CCOC(=O)CC(=O)NC1=C(C(=O)OCC)SCCC1. The molecule has 1 aliphatic heterocycles. The van der Waals surface area contributed by atoms with E-state index in [4.69, 9.17) is 9.47 Å². The lowest BCUT2D eigenvalue weighted by Gasteiger charge is -2.19. The third-order valence-corrected chi connectivity index (χ3v) is 3.65. The second-order valence-electron chi connectivity index (χ2n) is 4.01. The molecule has 0 aromatic carbocycles. The van der Waals surface area contributed by atoms with E-state index in [9.17, 15) is 14.4 Å². The van der Waals surface area contributed by atoms with Gasteiger partial charge in [0.2, 0.25) is 5.91 Å². The lowest BCUT2D eigenvalue weighted by Crippen LogP contribution is -2.29. The summed E-state index contributed by atoms with van der Waals surface area (Å²) in [6.07, 6.45) is 1.11. The van der Waals surface area contributed by atoms with Gasteiger partial charge in [0.05, 0.1) is 13.2 Å². The van der Waals surface area contributed by atoms with Crippen LogP contribution in [0.25, 0.3) is 0 Å². The number of hydrogen-bond acceptors (Lipinski definition) is 6. The predicted octanol–water partition coefficient (Wildman–Crippen LogP) is 1.36. The zero-order chi connectivity index (χ0) is 15.0. The van der Waals surface area contributed by atoms with Gasteiger partial charge in [0.15, 0.2) is 0 Å². The number of rotatable bonds is 6. The first kappa shape index (κ1) is 16.6.